The minimum atomic E-state index is -0.183. The SMILES string of the molecule is C=Cc1ccc(OC(C)OC23CC4CC(CC(C4)C2)C3)cc1.C=Cc1ccc(OC(C)OC2CCCC2)cc1.C=Cc1ccc(OC(C)OCC23CC4CC(CC(C4)C2)C3)cc1.C=Cc1ccc(OC(OC)C2CCCC2)cc1.C=Cc1ccc(OC2CCCCO2)cc1. The van der Waals surface area contributed by atoms with E-state index in [0.717, 1.165) is 118 Å². The summed E-state index contributed by atoms with van der Waals surface area (Å²) in [4.78, 5) is 0. The highest BCUT2D eigenvalue weighted by Gasteiger charge is 2.53. The Labute approximate surface area is 564 Å². The number of hydrogen-bond acceptors (Lipinski definition) is 10. The van der Waals surface area contributed by atoms with Gasteiger partial charge in [0.15, 0.2) is 25.2 Å². The number of hydrogen-bond donors (Lipinski definition) is 0. The quantitative estimate of drug-likeness (QED) is 0.0556. The summed E-state index contributed by atoms with van der Waals surface area (Å²) in [5, 5.41) is 0. The predicted molar refractivity (Wildman–Crippen MR) is 382 cm³/mol. The van der Waals surface area contributed by atoms with Gasteiger partial charge in [0.2, 0.25) is 6.29 Å². The molecule has 10 nitrogen and oxygen atoms in total. The van der Waals surface area contributed by atoms with Gasteiger partial charge < -0.3 is 47.4 Å². The summed E-state index contributed by atoms with van der Waals surface area (Å²) in [5.41, 5.74) is 6.09. The Hall–Kier alpha value is -6.40. The van der Waals surface area contributed by atoms with Crippen molar-refractivity contribution >= 4 is 30.4 Å². The Bertz CT molecular complexity index is 3010. The van der Waals surface area contributed by atoms with Crippen LogP contribution < -0.4 is 23.7 Å². The van der Waals surface area contributed by atoms with Gasteiger partial charge in [-0.05, 0) is 266 Å². The molecule has 1 saturated heterocycles. The van der Waals surface area contributed by atoms with Gasteiger partial charge in [-0.1, -0.05) is 150 Å². The molecule has 11 aliphatic rings. The van der Waals surface area contributed by atoms with E-state index in [9.17, 15) is 0 Å². The molecule has 0 spiro atoms. The van der Waals surface area contributed by atoms with E-state index in [1.807, 2.05) is 172 Å². The fourth-order valence-corrected chi connectivity index (χ4v) is 17.3. The van der Waals surface area contributed by atoms with Crippen LogP contribution in [0.1, 0.15) is 196 Å². The molecule has 0 radical (unpaired) electrons. The first-order valence-electron chi connectivity index (χ1n) is 35.8. The van der Waals surface area contributed by atoms with Gasteiger partial charge in [0.1, 0.15) is 28.7 Å². The first-order chi connectivity index (χ1) is 45.8. The van der Waals surface area contributed by atoms with Crippen LogP contribution in [-0.4, -0.2) is 63.5 Å². The van der Waals surface area contributed by atoms with Crippen LogP contribution in [0.3, 0.4) is 0 Å². The molecule has 0 N–H and O–H groups in total. The van der Waals surface area contributed by atoms with Gasteiger partial charge in [0.05, 0.1) is 24.9 Å². The normalized spacial score (nSPS) is 27.3. The maximum atomic E-state index is 6.47. The fourth-order valence-electron chi connectivity index (χ4n) is 17.3. The van der Waals surface area contributed by atoms with Crippen molar-refractivity contribution in [3.05, 3.63) is 182 Å². The molecule has 1 heterocycles. The Kier molecular flexibility index (Phi) is 26.2. The van der Waals surface area contributed by atoms with E-state index >= 15 is 0 Å². The van der Waals surface area contributed by atoms with Gasteiger partial charge in [-0.25, -0.2) is 0 Å². The van der Waals surface area contributed by atoms with Crippen molar-refractivity contribution in [2.24, 2.45) is 46.8 Å². The molecule has 0 aromatic heterocycles. The molecule has 1 aliphatic heterocycles. The molecule has 5 aromatic carbocycles. The minimum absolute atomic E-state index is 0.0617. The largest absolute Gasteiger partial charge is 0.465 e. The summed E-state index contributed by atoms with van der Waals surface area (Å²) in [7, 11) is 1.72. The molecule has 5 atom stereocenters. The lowest BCUT2D eigenvalue weighted by Crippen LogP contribution is -2.53. The van der Waals surface area contributed by atoms with Gasteiger partial charge in [-0.2, -0.15) is 0 Å². The van der Waals surface area contributed by atoms with Crippen molar-refractivity contribution in [3.8, 4) is 28.7 Å². The molecule has 5 aromatic rings. The van der Waals surface area contributed by atoms with Gasteiger partial charge in [0.25, 0.3) is 0 Å². The highest BCUT2D eigenvalue weighted by molar-refractivity contribution is 5.51. The van der Waals surface area contributed by atoms with Crippen molar-refractivity contribution in [1.29, 1.82) is 0 Å². The number of benzene rings is 5. The zero-order valence-corrected chi connectivity index (χ0v) is 57.2. The van der Waals surface area contributed by atoms with E-state index in [4.69, 9.17) is 47.4 Å². The number of rotatable bonds is 24. The first kappa shape index (κ1) is 70.4. The Morgan fingerprint density at radius 2 is 0.787 bits per heavy atom. The van der Waals surface area contributed by atoms with E-state index in [1.165, 1.54) is 135 Å². The fraction of sp³-hybridized carbons (Fsp3) is 0.524. The van der Waals surface area contributed by atoms with Gasteiger partial charge in [-0.15, -0.1) is 0 Å². The molecule has 8 bridgehead atoms. The lowest BCUT2D eigenvalue weighted by molar-refractivity contribution is -0.225. The van der Waals surface area contributed by atoms with Crippen LogP contribution in [0.4, 0.5) is 0 Å². The summed E-state index contributed by atoms with van der Waals surface area (Å²) in [5.74, 6) is 10.5. The molecule has 10 saturated carbocycles. The zero-order valence-electron chi connectivity index (χ0n) is 57.2. The average molecular weight is 1280 g/mol. The summed E-state index contributed by atoms with van der Waals surface area (Å²) < 4.78 is 58.6. The van der Waals surface area contributed by atoms with Crippen molar-refractivity contribution in [2.75, 3.05) is 20.3 Å². The average Bonchev–Trinajstić information content (AvgIpc) is 0.827. The van der Waals surface area contributed by atoms with E-state index in [0.29, 0.717) is 17.4 Å². The van der Waals surface area contributed by atoms with Gasteiger partial charge >= 0.3 is 0 Å². The van der Waals surface area contributed by atoms with Crippen molar-refractivity contribution in [2.45, 2.75) is 212 Å². The molecule has 0 amide bonds. The van der Waals surface area contributed by atoms with E-state index < -0.39 is 0 Å². The van der Waals surface area contributed by atoms with Crippen molar-refractivity contribution in [1.82, 2.24) is 0 Å². The number of ether oxygens (including phenoxy) is 10. The van der Waals surface area contributed by atoms with Crippen LogP contribution in [-0.2, 0) is 23.7 Å². The van der Waals surface area contributed by atoms with Gasteiger partial charge in [0, 0.05) is 19.4 Å². The Balaban J connectivity index is 0.000000130. The maximum Gasteiger partial charge on any atom is 0.202 e. The standard InChI is InChI=1S/C21H28O2.C20H26O2.2C15H20O2.C13H16O2/c1-3-16-4-6-20(7-5-16)23-15(2)22-14-21-11-17-8-18(12-21)10-19(9-17)13-21;1-3-15-4-6-19(7-5-15)21-14(2)22-20-11-16-8-17(12-20)10-18(9-16)13-20;1-3-12-8-10-14(11-9-12)17-15(16-2)13-6-4-5-7-13;1-3-13-8-10-15(11-9-13)17-12(2)16-14-6-4-5-7-14;1-2-11-6-8-12(9-7-11)15-13-5-3-4-10-14-13/h3-7,15,17-19H,1,8-14H2,2H3;3-7,14,16-18H,1,8-13H2,2H3;3,8-11,13,15H,1,4-7H2,2H3;3,8-12,14H,1,4-7H2,2H3;2,6-9,13H,1,3-5,10H2. The second-order valence-electron chi connectivity index (χ2n) is 28.6. The summed E-state index contributed by atoms with van der Waals surface area (Å²) in [6.07, 6.45) is 38.8. The van der Waals surface area contributed by atoms with E-state index in [2.05, 4.69) is 32.9 Å². The van der Waals surface area contributed by atoms with Crippen LogP contribution >= 0.6 is 0 Å². The summed E-state index contributed by atoms with van der Waals surface area (Å²) in [6, 6.07) is 39.8. The number of methoxy groups -OCH3 is 1. The molecule has 10 aliphatic carbocycles. The Morgan fingerprint density at radius 1 is 0.426 bits per heavy atom. The van der Waals surface area contributed by atoms with Crippen molar-refractivity contribution < 1.29 is 47.4 Å². The van der Waals surface area contributed by atoms with Crippen LogP contribution in [0.25, 0.3) is 30.4 Å². The molecule has 10 heteroatoms. The zero-order chi connectivity index (χ0) is 65.7. The lowest BCUT2D eigenvalue weighted by Gasteiger charge is -2.56. The third kappa shape index (κ3) is 21.1. The van der Waals surface area contributed by atoms with Crippen LogP contribution in [0.2, 0.25) is 0 Å². The second kappa shape index (κ2) is 35.0. The van der Waals surface area contributed by atoms with Crippen LogP contribution in [0.5, 0.6) is 28.7 Å². The molecule has 11 fully saturated rings. The highest BCUT2D eigenvalue weighted by atomic mass is 16.7. The molecular formula is C84H110O10. The predicted octanol–water partition coefficient (Wildman–Crippen LogP) is 21.4. The molecule has 506 valence electrons. The topological polar surface area (TPSA) is 92.3 Å². The van der Waals surface area contributed by atoms with Crippen LogP contribution in [0.15, 0.2) is 154 Å². The molecule has 16 rings (SSSR count). The highest BCUT2D eigenvalue weighted by Crippen LogP contribution is 2.60. The third-order valence-corrected chi connectivity index (χ3v) is 21.0. The van der Waals surface area contributed by atoms with Crippen molar-refractivity contribution in [3.63, 3.8) is 0 Å². The van der Waals surface area contributed by atoms with Gasteiger partial charge in [-0.3, -0.25) is 0 Å². The first-order valence-corrected chi connectivity index (χ1v) is 35.8. The smallest absolute Gasteiger partial charge is 0.202 e. The van der Waals surface area contributed by atoms with Crippen LogP contribution in [0, 0.1) is 46.8 Å². The lowest BCUT2D eigenvalue weighted by atomic mass is 9.50. The van der Waals surface area contributed by atoms with E-state index in [-0.39, 0.29) is 37.1 Å². The third-order valence-electron chi connectivity index (χ3n) is 21.0. The minimum Gasteiger partial charge on any atom is -0.465 e. The summed E-state index contributed by atoms with van der Waals surface area (Å²) >= 11 is 0. The second-order valence-corrected chi connectivity index (χ2v) is 28.6. The van der Waals surface area contributed by atoms with E-state index in [1.54, 1.807) is 7.11 Å². The molecular weight excluding hydrogens is 1170 g/mol. The maximum absolute atomic E-state index is 6.47. The summed E-state index contributed by atoms with van der Waals surface area (Å²) in [6.45, 7) is 26.4. The molecule has 94 heavy (non-hydrogen) atoms. The molecule has 5 unspecified atom stereocenters. The monoisotopic (exact) mass is 1280 g/mol. The Morgan fingerprint density at radius 3 is 1.18 bits per heavy atom.